The highest BCUT2D eigenvalue weighted by Gasteiger charge is 2.50. The Balaban J connectivity index is 1.61. The minimum Gasteiger partial charge on any atom is -0.339 e. The van der Waals surface area contributed by atoms with Gasteiger partial charge in [0, 0.05) is 23.3 Å². The maximum atomic E-state index is 12.7. The Bertz CT molecular complexity index is 646. The third-order valence-electron chi connectivity index (χ3n) is 5.28. The second-order valence-electron chi connectivity index (χ2n) is 6.99. The normalized spacial score (nSPS) is 26.1. The number of halogens is 1. The Morgan fingerprint density at radius 3 is 2.83 bits per heavy atom. The summed E-state index contributed by atoms with van der Waals surface area (Å²) in [5, 5.41) is 3.53. The van der Waals surface area contributed by atoms with E-state index in [1.54, 1.807) is 12.1 Å². The van der Waals surface area contributed by atoms with Gasteiger partial charge in [-0.05, 0) is 56.7 Å². The first kappa shape index (κ1) is 17.3. The summed E-state index contributed by atoms with van der Waals surface area (Å²) < 4.78 is 0. The van der Waals surface area contributed by atoms with E-state index in [4.69, 9.17) is 11.6 Å². The van der Waals surface area contributed by atoms with Gasteiger partial charge in [0.15, 0.2) is 0 Å². The van der Waals surface area contributed by atoms with E-state index in [1.807, 2.05) is 17.9 Å². The fraction of sp³-hybridized carbons (Fsp3) is 0.579. The van der Waals surface area contributed by atoms with Crippen molar-refractivity contribution in [1.29, 1.82) is 0 Å². The molecule has 1 aliphatic heterocycles. The van der Waals surface area contributed by atoms with Gasteiger partial charge in [0.25, 0.3) is 0 Å². The summed E-state index contributed by atoms with van der Waals surface area (Å²) in [5.41, 5.74) is 1.70. The molecular formula is C19H25ClN2O2. The van der Waals surface area contributed by atoms with Crippen LogP contribution in [0, 0.1) is 18.8 Å². The number of piperidine rings is 1. The highest BCUT2D eigenvalue weighted by atomic mass is 35.5. The maximum absolute atomic E-state index is 12.7. The number of anilines is 1. The molecule has 1 aromatic rings. The van der Waals surface area contributed by atoms with E-state index in [0.717, 1.165) is 37.1 Å². The molecule has 2 fully saturated rings. The van der Waals surface area contributed by atoms with E-state index in [2.05, 4.69) is 12.2 Å². The first-order valence-electron chi connectivity index (χ1n) is 8.88. The SMILES string of the molecule is CCC1CCCCN1C(=O)C1CC1C(=O)Nc1cc(Cl)ccc1C. The van der Waals surface area contributed by atoms with Gasteiger partial charge in [-0.15, -0.1) is 0 Å². The minimum atomic E-state index is -0.199. The summed E-state index contributed by atoms with van der Waals surface area (Å²) in [6.45, 7) is 4.91. The maximum Gasteiger partial charge on any atom is 0.228 e. The van der Waals surface area contributed by atoms with Crippen LogP contribution in [0.3, 0.4) is 0 Å². The zero-order chi connectivity index (χ0) is 17.3. The Labute approximate surface area is 148 Å². The quantitative estimate of drug-likeness (QED) is 0.893. The molecule has 130 valence electrons. The minimum absolute atomic E-state index is 0.0659. The topological polar surface area (TPSA) is 49.4 Å². The first-order chi connectivity index (χ1) is 11.5. The van der Waals surface area contributed by atoms with Gasteiger partial charge in [-0.25, -0.2) is 0 Å². The molecule has 3 unspecified atom stereocenters. The molecule has 1 heterocycles. The molecule has 0 aromatic heterocycles. The average Bonchev–Trinajstić information content (AvgIpc) is 3.38. The van der Waals surface area contributed by atoms with Gasteiger partial charge < -0.3 is 10.2 Å². The third-order valence-corrected chi connectivity index (χ3v) is 5.52. The summed E-state index contributed by atoms with van der Waals surface area (Å²) in [6.07, 6.45) is 5.03. The number of hydrogen-bond donors (Lipinski definition) is 1. The Morgan fingerprint density at radius 1 is 1.29 bits per heavy atom. The molecule has 1 aromatic carbocycles. The third kappa shape index (κ3) is 3.59. The Morgan fingerprint density at radius 2 is 2.08 bits per heavy atom. The van der Waals surface area contributed by atoms with Crippen molar-refractivity contribution < 1.29 is 9.59 Å². The highest BCUT2D eigenvalue weighted by molar-refractivity contribution is 6.31. The number of carbonyl (C=O) groups excluding carboxylic acids is 2. The summed E-state index contributed by atoms with van der Waals surface area (Å²) in [7, 11) is 0. The van der Waals surface area contributed by atoms with Gasteiger partial charge in [0.1, 0.15) is 0 Å². The number of benzene rings is 1. The van der Waals surface area contributed by atoms with Crippen LogP contribution < -0.4 is 5.32 Å². The van der Waals surface area contributed by atoms with Crippen molar-refractivity contribution in [3.8, 4) is 0 Å². The predicted molar refractivity (Wildman–Crippen MR) is 96.1 cm³/mol. The van der Waals surface area contributed by atoms with Crippen molar-refractivity contribution in [1.82, 2.24) is 4.90 Å². The van der Waals surface area contributed by atoms with Gasteiger partial charge in [-0.3, -0.25) is 9.59 Å². The number of nitrogens with one attached hydrogen (secondary N) is 1. The largest absolute Gasteiger partial charge is 0.339 e. The lowest BCUT2D eigenvalue weighted by atomic mass is 9.99. The molecule has 3 atom stereocenters. The molecule has 2 amide bonds. The summed E-state index contributed by atoms with van der Waals surface area (Å²) in [5.74, 6) is -0.236. The number of aryl methyl sites for hydroxylation is 1. The van der Waals surface area contributed by atoms with Gasteiger partial charge in [-0.1, -0.05) is 24.6 Å². The molecule has 0 radical (unpaired) electrons. The number of hydrogen-bond acceptors (Lipinski definition) is 2. The van der Waals surface area contributed by atoms with Crippen molar-refractivity contribution in [2.75, 3.05) is 11.9 Å². The van der Waals surface area contributed by atoms with Crippen LogP contribution in [0.4, 0.5) is 5.69 Å². The van der Waals surface area contributed by atoms with E-state index in [1.165, 1.54) is 6.42 Å². The van der Waals surface area contributed by atoms with Crippen LogP contribution in [0.15, 0.2) is 18.2 Å². The highest BCUT2D eigenvalue weighted by Crippen LogP contribution is 2.42. The van der Waals surface area contributed by atoms with Crippen LogP contribution in [0.1, 0.15) is 44.6 Å². The average molecular weight is 349 g/mol. The molecule has 0 bridgehead atoms. The van der Waals surface area contributed by atoms with Crippen molar-refractivity contribution in [3.63, 3.8) is 0 Å². The molecule has 5 heteroatoms. The Kier molecular flexibility index (Phi) is 5.14. The van der Waals surface area contributed by atoms with E-state index in [-0.39, 0.29) is 23.7 Å². The van der Waals surface area contributed by atoms with Crippen molar-refractivity contribution >= 4 is 29.1 Å². The standard InChI is InChI=1S/C19H25ClN2O2/c1-3-14-6-4-5-9-22(14)19(24)16-11-15(16)18(23)21-17-10-13(20)8-7-12(17)2/h7-8,10,14-16H,3-6,9,11H2,1-2H3,(H,21,23). The molecule has 1 N–H and O–H groups in total. The molecule has 3 rings (SSSR count). The molecule has 4 nitrogen and oxygen atoms in total. The van der Waals surface area contributed by atoms with Crippen LogP contribution in [0.25, 0.3) is 0 Å². The van der Waals surface area contributed by atoms with Gasteiger partial charge in [-0.2, -0.15) is 0 Å². The number of likely N-dealkylation sites (tertiary alicyclic amines) is 1. The lowest BCUT2D eigenvalue weighted by molar-refractivity contribution is -0.137. The molecule has 1 saturated heterocycles. The zero-order valence-corrected chi connectivity index (χ0v) is 15.1. The second-order valence-corrected chi connectivity index (χ2v) is 7.42. The molecular weight excluding hydrogens is 324 g/mol. The predicted octanol–water partition coefficient (Wildman–Crippen LogP) is 4.01. The monoisotopic (exact) mass is 348 g/mol. The summed E-state index contributed by atoms with van der Waals surface area (Å²) in [6, 6.07) is 5.79. The first-order valence-corrected chi connectivity index (χ1v) is 9.26. The van der Waals surface area contributed by atoms with Crippen LogP contribution in [0.5, 0.6) is 0 Å². The number of nitrogens with zero attached hydrogens (tertiary/aromatic N) is 1. The second kappa shape index (κ2) is 7.14. The van der Waals surface area contributed by atoms with Crippen LogP contribution in [-0.2, 0) is 9.59 Å². The smallest absolute Gasteiger partial charge is 0.228 e. The molecule has 2 aliphatic rings. The summed E-state index contributed by atoms with van der Waals surface area (Å²) >= 11 is 6.00. The number of carbonyl (C=O) groups is 2. The molecule has 1 aliphatic carbocycles. The number of amides is 2. The molecule has 1 saturated carbocycles. The van der Waals surface area contributed by atoms with Gasteiger partial charge >= 0.3 is 0 Å². The van der Waals surface area contributed by atoms with Gasteiger partial charge in [0.2, 0.25) is 11.8 Å². The van der Waals surface area contributed by atoms with E-state index in [0.29, 0.717) is 17.5 Å². The Hall–Kier alpha value is -1.55. The fourth-order valence-electron chi connectivity index (χ4n) is 3.64. The van der Waals surface area contributed by atoms with Gasteiger partial charge in [0.05, 0.1) is 11.8 Å². The lowest BCUT2D eigenvalue weighted by Crippen LogP contribution is -2.44. The van der Waals surface area contributed by atoms with E-state index < -0.39 is 0 Å². The van der Waals surface area contributed by atoms with Crippen molar-refractivity contribution in [3.05, 3.63) is 28.8 Å². The number of rotatable bonds is 4. The van der Waals surface area contributed by atoms with E-state index >= 15 is 0 Å². The van der Waals surface area contributed by atoms with E-state index in [9.17, 15) is 9.59 Å². The summed E-state index contributed by atoms with van der Waals surface area (Å²) in [4.78, 5) is 27.2. The van der Waals surface area contributed by atoms with Crippen LogP contribution >= 0.6 is 11.6 Å². The van der Waals surface area contributed by atoms with Crippen molar-refractivity contribution in [2.24, 2.45) is 11.8 Å². The molecule has 24 heavy (non-hydrogen) atoms. The van der Waals surface area contributed by atoms with Crippen LogP contribution in [0.2, 0.25) is 5.02 Å². The van der Waals surface area contributed by atoms with Crippen LogP contribution in [-0.4, -0.2) is 29.3 Å². The zero-order valence-electron chi connectivity index (χ0n) is 14.3. The fourth-order valence-corrected chi connectivity index (χ4v) is 3.81. The molecule has 0 spiro atoms. The van der Waals surface area contributed by atoms with Crippen molar-refractivity contribution in [2.45, 2.75) is 52.0 Å². The lowest BCUT2D eigenvalue weighted by Gasteiger charge is -2.35.